The van der Waals surface area contributed by atoms with Crippen LogP contribution < -0.4 is 16.3 Å². The SMILES string of the molecule is C/C(=N/NC(=O)c1ccc(C(=O)NCc2ccccn2)s1)c1c(C)[nH]n(-c2ccc(Cl)c(Cl)c2)c1=O. The van der Waals surface area contributed by atoms with Gasteiger partial charge in [0.15, 0.2) is 0 Å². The summed E-state index contributed by atoms with van der Waals surface area (Å²) in [5, 5.41) is 10.5. The molecule has 3 N–H and O–H groups in total. The summed E-state index contributed by atoms with van der Waals surface area (Å²) in [5.41, 5.74) is 4.50. The van der Waals surface area contributed by atoms with Crippen molar-refractivity contribution in [1.29, 1.82) is 0 Å². The highest BCUT2D eigenvalue weighted by Crippen LogP contribution is 2.24. The third-order valence-electron chi connectivity index (χ3n) is 5.13. The van der Waals surface area contributed by atoms with Crippen molar-refractivity contribution in [2.45, 2.75) is 20.4 Å². The Morgan fingerprint density at radius 3 is 2.53 bits per heavy atom. The average molecular weight is 543 g/mol. The smallest absolute Gasteiger partial charge is 0.281 e. The van der Waals surface area contributed by atoms with E-state index in [1.807, 2.05) is 6.07 Å². The summed E-state index contributed by atoms with van der Waals surface area (Å²) in [6, 6.07) is 13.4. The number of nitrogens with one attached hydrogen (secondary N) is 3. The number of carbonyl (C=O) groups excluding carboxylic acids is 2. The number of thiophene rings is 1. The molecule has 0 saturated heterocycles. The molecule has 36 heavy (non-hydrogen) atoms. The largest absolute Gasteiger partial charge is 0.346 e. The number of pyridine rings is 1. The fourth-order valence-electron chi connectivity index (χ4n) is 3.37. The quantitative estimate of drug-likeness (QED) is 0.238. The summed E-state index contributed by atoms with van der Waals surface area (Å²) in [6.07, 6.45) is 1.65. The zero-order valence-corrected chi connectivity index (χ0v) is 21.5. The molecule has 0 aliphatic heterocycles. The van der Waals surface area contributed by atoms with Gasteiger partial charge in [-0.05, 0) is 56.3 Å². The number of H-pyrrole nitrogens is 1. The average Bonchev–Trinajstić information content (AvgIpc) is 3.48. The van der Waals surface area contributed by atoms with Gasteiger partial charge in [0.25, 0.3) is 17.4 Å². The molecule has 9 nitrogen and oxygen atoms in total. The molecule has 0 unspecified atom stereocenters. The number of halogens is 2. The van der Waals surface area contributed by atoms with Crippen molar-refractivity contribution in [3.63, 3.8) is 0 Å². The summed E-state index contributed by atoms with van der Waals surface area (Å²) in [6.45, 7) is 3.61. The van der Waals surface area contributed by atoms with Crippen LogP contribution in [0.5, 0.6) is 0 Å². The molecule has 1 aromatic carbocycles. The number of hydrogen-bond donors (Lipinski definition) is 3. The van der Waals surface area contributed by atoms with Gasteiger partial charge in [0.2, 0.25) is 0 Å². The first-order valence-corrected chi connectivity index (χ1v) is 12.2. The maximum absolute atomic E-state index is 13.0. The lowest BCUT2D eigenvalue weighted by Crippen LogP contribution is -2.23. The molecule has 12 heteroatoms. The molecule has 2 amide bonds. The predicted octanol–water partition coefficient (Wildman–Crippen LogP) is 4.32. The lowest BCUT2D eigenvalue weighted by molar-refractivity contribution is 0.0949. The molecule has 0 aliphatic carbocycles. The lowest BCUT2D eigenvalue weighted by atomic mass is 10.2. The Morgan fingerprint density at radius 2 is 1.83 bits per heavy atom. The van der Waals surface area contributed by atoms with E-state index in [1.54, 1.807) is 62.5 Å². The van der Waals surface area contributed by atoms with Gasteiger partial charge in [-0.15, -0.1) is 11.3 Å². The Bertz CT molecular complexity index is 1520. The number of aryl methyl sites for hydroxylation is 1. The number of amides is 2. The van der Waals surface area contributed by atoms with Gasteiger partial charge < -0.3 is 5.32 Å². The summed E-state index contributed by atoms with van der Waals surface area (Å²) in [7, 11) is 0. The zero-order chi connectivity index (χ0) is 25.8. The number of rotatable bonds is 7. The van der Waals surface area contributed by atoms with E-state index in [2.05, 4.69) is 25.9 Å². The highest BCUT2D eigenvalue weighted by Gasteiger charge is 2.17. The first-order chi connectivity index (χ1) is 17.2. The second-order valence-electron chi connectivity index (χ2n) is 7.66. The Balaban J connectivity index is 1.44. The van der Waals surface area contributed by atoms with Gasteiger partial charge in [0.1, 0.15) is 0 Å². The van der Waals surface area contributed by atoms with E-state index in [-0.39, 0.29) is 18.0 Å². The van der Waals surface area contributed by atoms with Gasteiger partial charge in [-0.3, -0.25) is 24.5 Å². The first-order valence-electron chi connectivity index (χ1n) is 10.6. The molecule has 0 radical (unpaired) electrons. The zero-order valence-electron chi connectivity index (χ0n) is 19.1. The van der Waals surface area contributed by atoms with Gasteiger partial charge in [0.05, 0.1) is 49.0 Å². The van der Waals surface area contributed by atoms with Crippen molar-refractivity contribution in [2.75, 3.05) is 0 Å². The van der Waals surface area contributed by atoms with Crippen molar-refractivity contribution in [2.24, 2.45) is 5.10 Å². The van der Waals surface area contributed by atoms with Crippen LogP contribution >= 0.6 is 34.5 Å². The number of aromatic amines is 1. The molecule has 184 valence electrons. The summed E-state index contributed by atoms with van der Waals surface area (Å²) < 4.78 is 1.32. The van der Waals surface area contributed by atoms with Crippen molar-refractivity contribution < 1.29 is 9.59 Å². The lowest BCUT2D eigenvalue weighted by Gasteiger charge is -2.03. The van der Waals surface area contributed by atoms with Crippen molar-refractivity contribution in [3.8, 4) is 5.69 Å². The van der Waals surface area contributed by atoms with Crippen molar-refractivity contribution in [1.82, 2.24) is 25.5 Å². The molecule has 0 bridgehead atoms. The Labute approximate surface area is 219 Å². The Morgan fingerprint density at radius 1 is 1.08 bits per heavy atom. The van der Waals surface area contributed by atoms with Crippen LogP contribution in [0.4, 0.5) is 0 Å². The normalized spacial score (nSPS) is 11.4. The maximum atomic E-state index is 13.0. The molecule has 4 aromatic rings. The molecular weight excluding hydrogens is 523 g/mol. The summed E-state index contributed by atoms with van der Waals surface area (Å²) >= 11 is 13.1. The fourth-order valence-corrected chi connectivity index (χ4v) is 4.47. The number of hydrazone groups is 1. The van der Waals surface area contributed by atoms with E-state index < -0.39 is 5.91 Å². The van der Waals surface area contributed by atoms with Gasteiger partial charge in [-0.2, -0.15) is 5.10 Å². The van der Waals surface area contributed by atoms with E-state index >= 15 is 0 Å². The van der Waals surface area contributed by atoms with Crippen LogP contribution in [0.15, 0.2) is 64.6 Å². The van der Waals surface area contributed by atoms with Gasteiger partial charge in [0, 0.05) is 11.9 Å². The molecule has 3 heterocycles. The monoisotopic (exact) mass is 542 g/mol. The third-order valence-corrected chi connectivity index (χ3v) is 6.95. The Hall–Kier alpha value is -3.73. The molecule has 0 atom stereocenters. The first kappa shape index (κ1) is 25.4. The molecule has 3 aromatic heterocycles. The number of benzene rings is 1. The van der Waals surface area contributed by atoms with Gasteiger partial charge >= 0.3 is 0 Å². The molecule has 0 spiro atoms. The Kier molecular flexibility index (Phi) is 7.68. The van der Waals surface area contributed by atoms with Crippen LogP contribution in [0, 0.1) is 6.92 Å². The second kappa shape index (κ2) is 10.9. The fraction of sp³-hybridized carbons (Fsp3) is 0.125. The standard InChI is InChI=1S/C24H20Cl2N6O3S/c1-13(21-14(2)31-32(24(21)35)16-6-7-17(25)18(26)11-16)29-30-23(34)20-9-8-19(36-20)22(33)28-12-15-5-3-4-10-27-15/h3-11,31H,12H2,1-2H3,(H,28,33)(H,30,34)/b29-13-. The van der Waals surface area contributed by atoms with E-state index in [1.165, 1.54) is 4.68 Å². The van der Waals surface area contributed by atoms with E-state index in [0.717, 1.165) is 17.0 Å². The predicted molar refractivity (Wildman–Crippen MR) is 141 cm³/mol. The molecule has 0 saturated carbocycles. The number of hydrogen-bond acceptors (Lipinski definition) is 6. The van der Waals surface area contributed by atoms with E-state index in [9.17, 15) is 14.4 Å². The van der Waals surface area contributed by atoms with Crippen molar-refractivity contribution >= 4 is 52.1 Å². The van der Waals surface area contributed by atoms with Crippen LogP contribution in [0.25, 0.3) is 5.69 Å². The second-order valence-corrected chi connectivity index (χ2v) is 9.55. The molecule has 0 fully saturated rings. The van der Waals surface area contributed by atoms with Crippen LogP contribution in [0.3, 0.4) is 0 Å². The highest BCUT2D eigenvalue weighted by atomic mass is 35.5. The third kappa shape index (κ3) is 5.56. The van der Waals surface area contributed by atoms with Crippen LogP contribution in [-0.2, 0) is 6.54 Å². The van der Waals surface area contributed by atoms with Crippen LogP contribution in [0.1, 0.15) is 43.2 Å². The topological polar surface area (TPSA) is 121 Å². The maximum Gasteiger partial charge on any atom is 0.281 e. The molecule has 0 aliphatic rings. The van der Waals surface area contributed by atoms with Gasteiger partial charge in [-0.1, -0.05) is 29.3 Å². The number of carbonyl (C=O) groups is 2. The highest BCUT2D eigenvalue weighted by molar-refractivity contribution is 7.15. The summed E-state index contributed by atoms with van der Waals surface area (Å²) in [5.74, 6) is -0.809. The minimum absolute atomic E-state index is 0.276. The van der Waals surface area contributed by atoms with Crippen LogP contribution in [-0.4, -0.2) is 32.3 Å². The van der Waals surface area contributed by atoms with Crippen LogP contribution in [0.2, 0.25) is 10.0 Å². The molecule has 4 rings (SSSR count). The van der Waals surface area contributed by atoms with Crippen molar-refractivity contribution in [3.05, 3.63) is 102 Å². The number of aromatic nitrogens is 3. The van der Waals surface area contributed by atoms with E-state index in [4.69, 9.17) is 23.2 Å². The minimum atomic E-state index is -0.499. The van der Waals surface area contributed by atoms with Gasteiger partial charge in [-0.25, -0.2) is 10.1 Å². The number of nitrogens with zero attached hydrogens (tertiary/aromatic N) is 3. The summed E-state index contributed by atoms with van der Waals surface area (Å²) in [4.78, 5) is 42.8. The molecular formula is C24H20Cl2N6O3S. The minimum Gasteiger partial charge on any atom is -0.346 e. The van der Waals surface area contributed by atoms with E-state index in [0.29, 0.717) is 42.5 Å².